The summed E-state index contributed by atoms with van der Waals surface area (Å²) in [5.41, 5.74) is 6.40. The van der Waals surface area contributed by atoms with Gasteiger partial charge in [-0.1, -0.05) is 78.9 Å². The molecule has 0 amide bonds. The Hall–Kier alpha value is -4.40. The molecule has 0 aliphatic heterocycles. The molecule has 0 aliphatic carbocycles. The molecular weight excluding hydrogens is 454 g/mol. The average molecular weight is 474 g/mol. The van der Waals surface area contributed by atoms with E-state index in [-0.39, 0.29) is 0 Å². The van der Waals surface area contributed by atoms with Gasteiger partial charge in [0.05, 0.1) is 16.6 Å². The lowest BCUT2D eigenvalue weighted by atomic mass is 9.98. The van der Waals surface area contributed by atoms with Crippen LogP contribution < -0.4 is 0 Å². The summed E-state index contributed by atoms with van der Waals surface area (Å²) in [6, 6.07) is 42.8. The van der Waals surface area contributed by atoms with Gasteiger partial charge < -0.3 is 4.40 Å². The zero-order valence-electron chi connectivity index (χ0n) is 19.3. The molecule has 36 heavy (non-hydrogen) atoms. The maximum Gasteiger partial charge on any atom is 0.0620 e. The van der Waals surface area contributed by atoms with E-state index >= 15 is 0 Å². The van der Waals surface area contributed by atoms with Gasteiger partial charge in [-0.25, -0.2) is 0 Å². The molecule has 9 rings (SSSR count). The fourth-order valence-electron chi connectivity index (χ4n) is 6.26. The van der Waals surface area contributed by atoms with Gasteiger partial charge in [-0.3, -0.25) is 0 Å². The average Bonchev–Trinajstić information content (AvgIpc) is 3.57. The van der Waals surface area contributed by atoms with Gasteiger partial charge in [0.15, 0.2) is 0 Å². The molecule has 0 atom stereocenters. The van der Waals surface area contributed by atoms with Crippen LogP contribution in [0.2, 0.25) is 0 Å². The third-order valence-electron chi connectivity index (χ3n) is 7.89. The van der Waals surface area contributed by atoms with Gasteiger partial charge in [0.1, 0.15) is 0 Å². The third-order valence-corrected chi connectivity index (χ3v) is 9.03. The van der Waals surface area contributed by atoms with E-state index in [4.69, 9.17) is 0 Å². The highest BCUT2D eigenvalue weighted by molar-refractivity contribution is 7.25. The molecule has 166 valence electrons. The number of thiophene rings is 1. The molecule has 1 nitrogen and oxygen atoms in total. The lowest BCUT2D eigenvalue weighted by molar-refractivity contribution is 1.37. The van der Waals surface area contributed by atoms with Gasteiger partial charge in [-0.05, 0) is 58.3 Å². The fourth-order valence-corrected chi connectivity index (χ4v) is 7.39. The largest absolute Gasteiger partial charge is 0.308 e. The van der Waals surface area contributed by atoms with Crippen LogP contribution in [0.3, 0.4) is 0 Å². The molecule has 6 aromatic carbocycles. The molecule has 9 aromatic rings. The van der Waals surface area contributed by atoms with Crippen molar-refractivity contribution in [3.63, 3.8) is 0 Å². The minimum Gasteiger partial charge on any atom is -0.308 e. The summed E-state index contributed by atoms with van der Waals surface area (Å²) in [7, 11) is 0. The lowest BCUT2D eigenvalue weighted by Gasteiger charge is -2.06. The highest BCUT2D eigenvalue weighted by Crippen LogP contribution is 2.41. The summed E-state index contributed by atoms with van der Waals surface area (Å²) in [6.07, 6.45) is 0. The fraction of sp³-hybridized carbons (Fsp3) is 0. The summed E-state index contributed by atoms with van der Waals surface area (Å²) in [5.74, 6) is 0. The Morgan fingerprint density at radius 1 is 0.417 bits per heavy atom. The van der Waals surface area contributed by atoms with Gasteiger partial charge in [0.2, 0.25) is 0 Å². The van der Waals surface area contributed by atoms with Crippen LogP contribution in [0.5, 0.6) is 0 Å². The standard InChI is InChI=1S/C34H19NS/c1-3-10-30-24(6-1)27-8-5-9-28-25-15-14-22(18-31(25)35(30)34(27)28)20-12-13-21-17-29-26-7-2-4-11-32(26)36-33(29)19-23(21)16-20/h1-19H. The summed E-state index contributed by atoms with van der Waals surface area (Å²) in [4.78, 5) is 0. The molecular formula is C34H19NS. The lowest BCUT2D eigenvalue weighted by Crippen LogP contribution is -1.83. The quantitative estimate of drug-likeness (QED) is 0.223. The van der Waals surface area contributed by atoms with E-state index in [0.717, 1.165) is 0 Å². The number of hydrogen-bond donors (Lipinski definition) is 0. The number of aromatic nitrogens is 1. The number of hydrogen-bond acceptors (Lipinski definition) is 1. The second-order valence-corrected chi connectivity index (χ2v) is 10.9. The van der Waals surface area contributed by atoms with E-state index in [0.29, 0.717) is 0 Å². The molecule has 0 radical (unpaired) electrons. The number of para-hydroxylation sites is 2. The third kappa shape index (κ3) is 2.35. The van der Waals surface area contributed by atoms with Crippen molar-refractivity contribution in [1.29, 1.82) is 0 Å². The first kappa shape index (κ1) is 18.9. The highest BCUT2D eigenvalue weighted by atomic mass is 32.1. The smallest absolute Gasteiger partial charge is 0.0620 e. The van der Waals surface area contributed by atoms with E-state index in [1.54, 1.807) is 0 Å². The van der Waals surface area contributed by atoms with Crippen molar-refractivity contribution in [3.05, 3.63) is 115 Å². The molecule has 3 aromatic heterocycles. The molecule has 0 saturated carbocycles. The Morgan fingerprint density at radius 2 is 1.14 bits per heavy atom. The van der Waals surface area contributed by atoms with Crippen LogP contribution in [0.25, 0.3) is 80.2 Å². The molecule has 0 spiro atoms. The van der Waals surface area contributed by atoms with Crippen LogP contribution in [0, 0.1) is 0 Å². The van der Waals surface area contributed by atoms with Gasteiger partial charge >= 0.3 is 0 Å². The SMILES string of the molecule is c1ccc2c(c1)sc1cc3cc(-c4ccc5c6cccc7c8ccccc8n(c5c4)c76)ccc3cc12. The number of nitrogens with zero attached hydrogens (tertiary/aromatic N) is 1. The Bertz CT molecular complexity index is 2310. The second-order valence-electron chi connectivity index (χ2n) is 9.79. The summed E-state index contributed by atoms with van der Waals surface area (Å²) in [6.45, 7) is 0. The van der Waals surface area contributed by atoms with Crippen molar-refractivity contribution in [2.45, 2.75) is 0 Å². The van der Waals surface area contributed by atoms with Crippen LogP contribution in [0.4, 0.5) is 0 Å². The molecule has 0 saturated heterocycles. The van der Waals surface area contributed by atoms with E-state index in [1.165, 1.54) is 80.2 Å². The molecule has 3 heterocycles. The van der Waals surface area contributed by atoms with E-state index < -0.39 is 0 Å². The Labute approximate surface area is 210 Å². The van der Waals surface area contributed by atoms with Crippen molar-refractivity contribution in [2.24, 2.45) is 0 Å². The minimum absolute atomic E-state index is 1.26. The normalized spacial score (nSPS) is 12.4. The summed E-state index contributed by atoms with van der Waals surface area (Å²) >= 11 is 1.88. The first-order chi connectivity index (χ1) is 17.8. The predicted molar refractivity (Wildman–Crippen MR) is 157 cm³/mol. The Kier molecular flexibility index (Phi) is 3.47. The van der Waals surface area contributed by atoms with Crippen molar-refractivity contribution >= 4 is 80.4 Å². The van der Waals surface area contributed by atoms with Crippen LogP contribution in [0.1, 0.15) is 0 Å². The van der Waals surface area contributed by atoms with E-state index in [1.807, 2.05) is 11.3 Å². The molecule has 0 bridgehead atoms. The maximum absolute atomic E-state index is 2.46. The topological polar surface area (TPSA) is 4.41 Å². The Balaban J connectivity index is 1.31. The van der Waals surface area contributed by atoms with Crippen molar-refractivity contribution in [1.82, 2.24) is 4.40 Å². The molecule has 0 N–H and O–H groups in total. The highest BCUT2D eigenvalue weighted by Gasteiger charge is 2.17. The first-order valence-electron chi connectivity index (χ1n) is 12.4. The summed E-state index contributed by atoms with van der Waals surface area (Å²) in [5, 5.41) is 10.6. The van der Waals surface area contributed by atoms with Crippen LogP contribution >= 0.6 is 11.3 Å². The Morgan fingerprint density at radius 3 is 2.06 bits per heavy atom. The van der Waals surface area contributed by atoms with Crippen molar-refractivity contribution in [3.8, 4) is 11.1 Å². The van der Waals surface area contributed by atoms with Gasteiger partial charge in [0.25, 0.3) is 0 Å². The van der Waals surface area contributed by atoms with Crippen LogP contribution in [-0.2, 0) is 0 Å². The zero-order chi connectivity index (χ0) is 23.4. The van der Waals surface area contributed by atoms with E-state index in [9.17, 15) is 0 Å². The number of fused-ring (bicyclic) bond motifs is 10. The zero-order valence-corrected chi connectivity index (χ0v) is 20.1. The molecule has 0 aliphatic rings. The van der Waals surface area contributed by atoms with E-state index in [2.05, 4.69) is 120 Å². The number of benzene rings is 6. The summed E-state index contributed by atoms with van der Waals surface area (Å²) < 4.78 is 5.17. The van der Waals surface area contributed by atoms with Gasteiger partial charge in [0, 0.05) is 41.7 Å². The molecule has 0 fully saturated rings. The second kappa shape index (κ2) is 6.63. The van der Waals surface area contributed by atoms with Gasteiger partial charge in [-0.15, -0.1) is 11.3 Å². The van der Waals surface area contributed by atoms with Crippen molar-refractivity contribution in [2.75, 3.05) is 0 Å². The monoisotopic (exact) mass is 473 g/mol. The first-order valence-corrected chi connectivity index (χ1v) is 13.2. The van der Waals surface area contributed by atoms with Crippen LogP contribution in [-0.4, -0.2) is 4.40 Å². The minimum atomic E-state index is 1.26. The number of rotatable bonds is 1. The molecule has 2 heteroatoms. The van der Waals surface area contributed by atoms with Crippen LogP contribution in [0.15, 0.2) is 115 Å². The van der Waals surface area contributed by atoms with Crippen molar-refractivity contribution < 1.29 is 0 Å². The maximum atomic E-state index is 2.46. The molecule has 0 unspecified atom stereocenters. The predicted octanol–water partition coefficient (Wildman–Crippen LogP) is 10.0. The van der Waals surface area contributed by atoms with Gasteiger partial charge in [-0.2, -0.15) is 0 Å².